The molecule has 0 aromatic heterocycles. The number of anilines is 1. The highest BCUT2D eigenvalue weighted by Crippen LogP contribution is 2.13. The van der Waals surface area contributed by atoms with Gasteiger partial charge in [0.1, 0.15) is 5.82 Å². The molecule has 1 aromatic carbocycles. The van der Waals surface area contributed by atoms with Gasteiger partial charge in [-0.25, -0.2) is 9.18 Å². The van der Waals surface area contributed by atoms with Gasteiger partial charge in [-0.05, 0) is 24.3 Å². The van der Waals surface area contributed by atoms with Gasteiger partial charge in [-0.3, -0.25) is 0 Å². The summed E-state index contributed by atoms with van der Waals surface area (Å²) in [4.78, 5) is 12.2. The lowest BCUT2D eigenvalue weighted by Gasteiger charge is -2.18. The number of halogens is 1. The van der Waals surface area contributed by atoms with Crippen LogP contribution in [0.5, 0.6) is 0 Å². The molecule has 0 aliphatic rings. The lowest BCUT2D eigenvalue weighted by Crippen LogP contribution is -2.22. The zero-order chi connectivity index (χ0) is 11.4. The van der Waals surface area contributed by atoms with Crippen LogP contribution in [0.15, 0.2) is 36.4 Å². The van der Waals surface area contributed by atoms with E-state index in [4.69, 9.17) is 5.11 Å². The number of hydrogen-bond acceptors (Lipinski definition) is 2. The summed E-state index contributed by atoms with van der Waals surface area (Å²) in [7, 11) is 1.72. The molecule has 4 heteroatoms. The maximum absolute atomic E-state index is 12.6. The van der Waals surface area contributed by atoms with Gasteiger partial charge in [0.05, 0.1) is 0 Å². The van der Waals surface area contributed by atoms with Gasteiger partial charge in [0.25, 0.3) is 0 Å². The van der Waals surface area contributed by atoms with Gasteiger partial charge < -0.3 is 10.0 Å². The Balaban J connectivity index is 2.69. The number of benzene rings is 1. The molecule has 0 spiro atoms. The first-order valence-electron chi connectivity index (χ1n) is 4.38. The summed E-state index contributed by atoms with van der Waals surface area (Å²) in [6, 6.07) is 5.83. The van der Waals surface area contributed by atoms with Gasteiger partial charge in [0, 0.05) is 24.9 Å². The van der Waals surface area contributed by atoms with Gasteiger partial charge in [-0.15, -0.1) is 0 Å². The van der Waals surface area contributed by atoms with E-state index < -0.39 is 5.97 Å². The third kappa shape index (κ3) is 3.09. The summed E-state index contributed by atoms with van der Waals surface area (Å²) in [6.45, 7) is 3.63. The molecule has 0 saturated carbocycles. The van der Waals surface area contributed by atoms with E-state index >= 15 is 0 Å². The van der Waals surface area contributed by atoms with Crippen LogP contribution in [0, 0.1) is 5.82 Å². The van der Waals surface area contributed by atoms with E-state index in [1.54, 1.807) is 24.1 Å². The molecule has 0 saturated heterocycles. The zero-order valence-corrected chi connectivity index (χ0v) is 8.40. The fourth-order valence-corrected chi connectivity index (χ4v) is 1.14. The van der Waals surface area contributed by atoms with E-state index in [2.05, 4.69) is 6.58 Å². The van der Waals surface area contributed by atoms with Crippen molar-refractivity contribution < 1.29 is 14.3 Å². The van der Waals surface area contributed by atoms with Crippen LogP contribution in [0.25, 0.3) is 0 Å². The largest absolute Gasteiger partial charge is 0.478 e. The van der Waals surface area contributed by atoms with Gasteiger partial charge in [-0.2, -0.15) is 0 Å². The predicted octanol–water partition coefficient (Wildman–Crippen LogP) is 1.90. The Labute approximate surface area is 87.4 Å². The molecular formula is C11H12FNO2. The minimum Gasteiger partial charge on any atom is -0.478 e. The third-order valence-corrected chi connectivity index (χ3v) is 2.00. The Morgan fingerprint density at radius 3 is 2.47 bits per heavy atom. The van der Waals surface area contributed by atoms with E-state index in [0.29, 0.717) is 0 Å². The molecule has 0 heterocycles. The second kappa shape index (κ2) is 4.59. The van der Waals surface area contributed by atoms with Crippen LogP contribution in [0.2, 0.25) is 0 Å². The van der Waals surface area contributed by atoms with E-state index in [0.717, 1.165) is 5.69 Å². The Kier molecular flexibility index (Phi) is 3.44. The van der Waals surface area contributed by atoms with Crippen molar-refractivity contribution in [3.8, 4) is 0 Å². The highest BCUT2D eigenvalue weighted by Gasteiger charge is 2.08. The monoisotopic (exact) mass is 209 g/mol. The van der Waals surface area contributed by atoms with Crippen molar-refractivity contribution >= 4 is 11.7 Å². The first kappa shape index (κ1) is 11.2. The van der Waals surface area contributed by atoms with Crippen LogP contribution in [-0.4, -0.2) is 24.7 Å². The van der Waals surface area contributed by atoms with Crippen molar-refractivity contribution in [2.24, 2.45) is 0 Å². The fourth-order valence-electron chi connectivity index (χ4n) is 1.14. The number of carbonyl (C=O) groups is 1. The predicted molar refractivity (Wildman–Crippen MR) is 56.4 cm³/mol. The third-order valence-electron chi connectivity index (χ3n) is 2.00. The second-order valence-electron chi connectivity index (χ2n) is 3.24. The molecule has 0 unspecified atom stereocenters. The lowest BCUT2D eigenvalue weighted by atomic mass is 10.2. The van der Waals surface area contributed by atoms with Crippen molar-refractivity contribution in [3.63, 3.8) is 0 Å². The van der Waals surface area contributed by atoms with Gasteiger partial charge in [0.15, 0.2) is 0 Å². The smallest absolute Gasteiger partial charge is 0.332 e. The fraction of sp³-hybridized carbons (Fsp3) is 0.182. The molecule has 0 radical (unpaired) electrons. The standard InChI is InChI=1S/C11H12FNO2/c1-8(11(14)15)7-13(2)10-5-3-9(12)4-6-10/h3-6H,1,7H2,2H3,(H,14,15). The van der Waals surface area contributed by atoms with E-state index in [1.807, 2.05) is 0 Å². The van der Waals surface area contributed by atoms with E-state index in [1.165, 1.54) is 12.1 Å². The normalized spacial score (nSPS) is 9.73. The Morgan fingerprint density at radius 2 is 2.00 bits per heavy atom. The molecule has 0 atom stereocenters. The average Bonchev–Trinajstić information content (AvgIpc) is 2.18. The number of rotatable bonds is 4. The van der Waals surface area contributed by atoms with Gasteiger partial charge >= 0.3 is 5.97 Å². The first-order valence-corrected chi connectivity index (χ1v) is 4.38. The number of nitrogens with zero attached hydrogens (tertiary/aromatic N) is 1. The number of aliphatic carboxylic acids is 1. The van der Waals surface area contributed by atoms with Crippen LogP contribution in [0.3, 0.4) is 0 Å². The van der Waals surface area contributed by atoms with Gasteiger partial charge in [-0.1, -0.05) is 6.58 Å². The number of carboxylic acids is 1. The molecule has 0 aliphatic carbocycles. The molecule has 80 valence electrons. The molecule has 3 nitrogen and oxygen atoms in total. The molecule has 1 N–H and O–H groups in total. The summed E-state index contributed by atoms with van der Waals surface area (Å²) >= 11 is 0. The number of hydrogen-bond donors (Lipinski definition) is 1. The van der Waals surface area contributed by atoms with Gasteiger partial charge in [0.2, 0.25) is 0 Å². The maximum atomic E-state index is 12.6. The van der Waals surface area contributed by atoms with Crippen LogP contribution >= 0.6 is 0 Å². The molecule has 0 aliphatic heterocycles. The number of likely N-dealkylation sites (N-methyl/N-ethyl adjacent to an activating group) is 1. The summed E-state index contributed by atoms with van der Waals surface area (Å²) in [5.41, 5.74) is 0.848. The van der Waals surface area contributed by atoms with Crippen LogP contribution in [0.4, 0.5) is 10.1 Å². The summed E-state index contributed by atoms with van der Waals surface area (Å²) in [5, 5.41) is 8.64. The topological polar surface area (TPSA) is 40.5 Å². The zero-order valence-electron chi connectivity index (χ0n) is 8.40. The quantitative estimate of drug-likeness (QED) is 0.770. The molecule has 0 amide bonds. The average molecular weight is 209 g/mol. The summed E-state index contributed by atoms with van der Waals surface area (Å²) in [6.07, 6.45) is 0. The maximum Gasteiger partial charge on any atom is 0.332 e. The number of carboxylic acid groups (broad SMARTS) is 1. The SMILES string of the molecule is C=C(CN(C)c1ccc(F)cc1)C(=O)O. The highest BCUT2D eigenvalue weighted by molar-refractivity contribution is 5.86. The van der Waals surface area contributed by atoms with Crippen molar-refractivity contribution in [1.82, 2.24) is 0 Å². The Bertz CT molecular complexity index is 373. The lowest BCUT2D eigenvalue weighted by molar-refractivity contribution is -0.132. The van der Waals surface area contributed by atoms with E-state index in [-0.39, 0.29) is 17.9 Å². The summed E-state index contributed by atoms with van der Waals surface area (Å²) < 4.78 is 12.6. The first-order chi connectivity index (χ1) is 7.00. The molecule has 0 bridgehead atoms. The Morgan fingerprint density at radius 1 is 1.47 bits per heavy atom. The minimum atomic E-state index is -1.02. The van der Waals surface area contributed by atoms with Crippen molar-refractivity contribution in [1.29, 1.82) is 0 Å². The molecule has 1 aromatic rings. The minimum absolute atomic E-state index is 0.0989. The molecule has 1 rings (SSSR count). The molecular weight excluding hydrogens is 197 g/mol. The van der Waals surface area contributed by atoms with Crippen molar-refractivity contribution in [3.05, 3.63) is 42.2 Å². The van der Waals surface area contributed by atoms with Crippen molar-refractivity contribution in [2.45, 2.75) is 0 Å². The molecule has 15 heavy (non-hydrogen) atoms. The summed E-state index contributed by atoms with van der Waals surface area (Å²) in [5.74, 6) is -1.34. The highest BCUT2D eigenvalue weighted by atomic mass is 19.1. The van der Waals surface area contributed by atoms with E-state index in [9.17, 15) is 9.18 Å². The second-order valence-corrected chi connectivity index (χ2v) is 3.24. The molecule has 0 fully saturated rings. The van der Waals surface area contributed by atoms with Crippen LogP contribution in [-0.2, 0) is 4.79 Å². The van der Waals surface area contributed by atoms with Crippen molar-refractivity contribution in [2.75, 3.05) is 18.5 Å². The van der Waals surface area contributed by atoms with Crippen LogP contribution in [0.1, 0.15) is 0 Å². The Hall–Kier alpha value is -1.84. The van der Waals surface area contributed by atoms with Crippen LogP contribution < -0.4 is 4.90 Å².